The molecule has 2 aromatic rings. The number of hydrogen-bond donors (Lipinski definition) is 0. The van der Waals surface area contributed by atoms with Gasteiger partial charge in [-0.3, -0.25) is 0 Å². The summed E-state index contributed by atoms with van der Waals surface area (Å²) in [6, 6.07) is 9.89. The number of para-hydroxylation sites is 1. The Morgan fingerprint density at radius 2 is 1.55 bits per heavy atom. The fourth-order valence-electron chi connectivity index (χ4n) is 1.24. The van der Waals surface area contributed by atoms with Gasteiger partial charge in [0, 0.05) is 19.5 Å². The van der Waals surface area contributed by atoms with Gasteiger partial charge in [-0.1, -0.05) is 32.0 Å². The van der Waals surface area contributed by atoms with Crippen LogP contribution in [0.15, 0.2) is 39.9 Å². The Balaban J connectivity index is 0.000000521. The summed E-state index contributed by atoms with van der Waals surface area (Å²) in [4.78, 5) is 2.00. The molecule has 20 heavy (non-hydrogen) atoms. The third kappa shape index (κ3) is 7.59. The van der Waals surface area contributed by atoms with Gasteiger partial charge in [0.25, 0.3) is 0 Å². The van der Waals surface area contributed by atoms with Crippen LogP contribution in [0.25, 0.3) is 11.0 Å². The molecule has 4 heteroatoms. The molecule has 0 aliphatic heterocycles. The van der Waals surface area contributed by atoms with Crippen molar-refractivity contribution in [3.63, 3.8) is 0 Å². The van der Waals surface area contributed by atoms with Gasteiger partial charge in [-0.05, 0) is 33.3 Å². The van der Waals surface area contributed by atoms with Crippen LogP contribution in [-0.2, 0) is 0 Å². The maximum absolute atomic E-state index is 5.54. The highest BCUT2D eigenvalue weighted by atomic mass is 16.3. The molecule has 0 atom stereocenters. The molecular formula is C16H27N3O. The molecule has 0 unspecified atom stereocenters. The number of furan rings is 1. The molecule has 4 nitrogen and oxygen atoms in total. The standard InChI is InChI=1S/C11H12N2O.C3H9N.C2H6/c1-13(2)12-8-10-7-9-5-3-4-6-11(9)14-10;1-4(2)3;1-2/h3-8H,1-2H3;1-3H3;1-2H3/b12-8-;;. The molecule has 1 heterocycles. The Hall–Kier alpha value is -1.81. The Morgan fingerprint density at radius 3 is 2.05 bits per heavy atom. The van der Waals surface area contributed by atoms with Crippen molar-refractivity contribution in [2.75, 3.05) is 35.2 Å². The third-order valence-corrected chi connectivity index (χ3v) is 1.86. The van der Waals surface area contributed by atoms with E-state index in [0.29, 0.717) is 0 Å². The monoisotopic (exact) mass is 277 g/mol. The lowest BCUT2D eigenvalue weighted by molar-refractivity contribution is 0.438. The fourth-order valence-corrected chi connectivity index (χ4v) is 1.24. The van der Waals surface area contributed by atoms with E-state index in [-0.39, 0.29) is 0 Å². The summed E-state index contributed by atoms with van der Waals surface area (Å²) in [7, 11) is 9.75. The Labute approximate surface area is 122 Å². The van der Waals surface area contributed by atoms with Crippen molar-refractivity contribution < 1.29 is 4.42 Å². The zero-order valence-corrected chi connectivity index (χ0v) is 13.7. The molecule has 112 valence electrons. The normalized spacial score (nSPS) is 10.0. The van der Waals surface area contributed by atoms with E-state index in [0.717, 1.165) is 16.7 Å². The minimum Gasteiger partial charge on any atom is -0.455 e. The topological polar surface area (TPSA) is 32.0 Å². The van der Waals surface area contributed by atoms with Crippen molar-refractivity contribution >= 4 is 17.2 Å². The van der Waals surface area contributed by atoms with Gasteiger partial charge in [0.05, 0.1) is 6.21 Å². The Morgan fingerprint density at radius 1 is 1.00 bits per heavy atom. The highest BCUT2D eigenvalue weighted by Gasteiger charge is 1.99. The van der Waals surface area contributed by atoms with Gasteiger partial charge < -0.3 is 14.3 Å². The second-order valence-electron chi connectivity index (χ2n) is 4.62. The fraction of sp³-hybridized carbons (Fsp3) is 0.438. The lowest BCUT2D eigenvalue weighted by Crippen LogP contribution is -2.01. The van der Waals surface area contributed by atoms with Gasteiger partial charge in [-0.15, -0.1) is 0 Å². The first kappa shape index (κ1) is 18.2. The molecule has 0 bridgehead atoms. The predicted octanol–water partition coefficient (Wildman–Crippen LogP) is 3.53. The highest BCUT2D eigenvalue weighted by Crippen LogP contribution is 2.17. The van der Waals surface area contributed by atoms with E-state index in [1.807, 2.05) is 84.3 Å². The molecular weight excluding hydrogens is 250 g/mol. The minimum atomic E-state index is 0.778. The molecule has 0 aliphatic rings. The van der Waals surface area contributed by atoms with E-state index in [1.54, 1.807) is 11.2 Å². The van der Waals surface area contributed by atoms with Crippen LogP contribution in [0.4, 0.5) is 0 Å². The van der Waals surface area contributed by atoms with Gasteiger partial charge in [0.1, 0.15) is 11.3 Å². The number of benzene rings is 1. The van der Waals surface area contributed by atoms with Crippen LogP contribution in [0.2, 0.25) is 0 Å². The average molecular weight is 277 g/mol. The summed E-state index contributed by atoms with van der Waals surface area (Å²) in [5, 5.41) is 6.94. The lowest BCUT2D eigenvalue weighted by atomic mass is 10.2. The zero-order valence-electron chi connectivity index (χ0n) is 13.7. The summed E-state index contributed by atoms with van der Waals surface area (Å²) in [5.41, 5.74) is 0.896. The number of hydrazone groups is 1. The van der Waals surface area contributed by atoms with E-state index >= 15 is 0 Å². The van der Waals surface area contributed by atoms with E-state index < -0.39 is 0 Å². The molecule has 1 aromatic carbocycles. The van der Waals surface area contributed by atoms with Crippen molar-refractivity contribution in [1.82, 2.24) is 9.91 Å². The summed E-state index contributed by atoms with van der Waals surface area (Å²) in [6.07, 6.45) is 1.71. The second-order valence-corrected chi connectivity index (χ2v) is 4.62. The van der Waals surface area contributed by atoms with Crippen LogP contribution in [0.5, 0.6) is 0 Å². The number of hydrogen-bond acceptors (Lipinski definition) is 4. The maximum Gasteiger partial charge on any atom is 0.148 e. The SMILES string of the molecule is CC.CN(C)/N=C\c1cc2ccccc2o1.CN(C)C. The van der Waals surface area contributed by atoms with Crippen molar-refractivity contribution in [3.8, 4) is 0 Å². The van der Waals surface area contributed by atoms with Crippen LogP contribution in [0.1, 0.15) is 19.6 Å². The number of nitrogens with zero attached hydrogens (tertiary/aromatic N) is 3. The largest absolute Gasteiger partial charge is 0.455 e. The van der Waals surface area contributed by atoms with Crippen molar-refractivity contribution in [2.24, 2.45) is 5.10 Å². The van der Waals surface area contributed by atoms with E-state index in [2.05, 4.69) is 5.10 Å². The molecule has 0 radical (unpaired) electrons. The van der Waals surface area contributed by atoms with Crippen LogP contribution < -0.4 is 0 Å². The quantitative estimate of drug-likeness (QED) is 0.621. The molecule has 0 N–H and O–H groups in total. The van der Waals surface area contributed by atoms with E-state index in [4.69, 9.17) is 4.42 Å². The van der Waals surface area contributed by atoms with Crippen LogP contribution >= 0.6 is 0 Å². The first-order valence-corrected chi connectivity index (χ1v) is 6.80. The molecule has 0 aliphatic carbocycles. The highest BCUT2D eigenvalue weighted by molar-refractivity contribution is 5.86. The average Bonchev–Trinajstić information content (AvgIpc) is 2.81. The number of rotatable bonds is 2. The van der Waals surface area contributed by atoms with Crippen molar-refractivity contribution in [2.45, 2.75) is 13.8 Å². The molecule has 0 spiro atoms. The molecule has 0 amide bonds. The lowest BCUT2D eigenvalue weighted by Gasteiger charge is -2.00. The summed E-state index contributed by atoms with van der Waals surface area (Å²) >= 11 is 0. The molecule has 1 aromatic heterocycles. The van der Waals surface area contributed by atoms with Crippen LogP contribution in [0.3, 0.4) is 0 Å². The van der Waals surface area contributed by atoms with E-state index in [1.165, 1.54) is 0 Å². The third-order valence-electron chi connectivity index (χ3n) is 1.86. The van der Waals surface area contributed by atoms with Gasteiger partial charge in [-0.2, -0.15) is 5.10 Å². The minimum absolute atomic E-state index is 0.778. The first-order valence-electron chi connectivity index (χ1n) is 6.80. The maximum atomic E-state index is 5.54. The Bertz CT molecular complexity index is 465. The molecule has 0 saturated heterocycles. The Kier molecular flexibility index (Phi) is 9.13. The smallest absolute Gasteiger partial charge is 0.148 e. The number of fused-ring (bicyclic) bond motifs is 1. The van der Waals surface area contributed by atoms with Gasteiger partial charge in [0.2, 0.25) is 0 Å². The van der Waals surface area contributed by atoms with Crippen molar-refractivity contribution in [3.05, 3.63) is 36.1 Å². The second kappa shape index (κ2) is 10.0. The predicted molar refractivity (Wildman–Crippen MR) is 88.5 cm³/mol. The van der Waals surface area contributed by atoms with Crippen LogP contribution in [-0.4, -0.2) is 51.4 Å². The summed E-state index contributed by atoms with van der Waals surface area (Å²) < 4.78 is 5.54. The summed E-state index contributed by atoms with van der Waals surface area (Å²) in [6.45, 7) is 4.00. The van der Waals surface area contributed by atoms with Gasteiger partial charge in [0.15, 0.2) is 0 Å². The van der Waals surface area contributed by atoms with Crippen LogP contribution in [0, 0.1) is 0 Å². The first-order chi connectivity index (χ1) is 9.49. The van der Waals surface area contributed by atoms with Gasteiger partial charge >= 0.3 is 0 Å². The molecule has 0 saturated carbocycles. The van der Waals surface area contributed by atoms with Crippen molar-refractivity contribution in [1.29, 1.82) is 0 Å². The zero-order chi connectivity index (χ0) is 15.5. The molecule has 2 rings (SSSR count). The van der Waals surface area contributed by atoms with Gasteiger partial charge in [-0.25, -0.2) is 0 Å². The molecule has 0 fully saturated rings. The summed E-state index contributed by atoms with van der Waals surface area (Å²) in [5.74, 6) is 0.778. The van der Waals surface area contributed by atoms with E-state index in [9.17, 15) is 0 Å².